The highest BCUT2D eigenvalue weighted by Gasteiger charge is 2.54. The molecule has 0 radical (unpaired) electrons. The Hall–Kier alpha value is -1.63. The number of carbonyl (C=O) groups excluding carboxylic acids is 1. The van der Waals surface area contributed by atoms with Gasteiger partial charge in [-0.15, -0.1) is 0 Å². The average Bonchev–Trinajstić information content (AvgIpc) is 3.19. The molecule has 2 aliphatic heterocycles. The van der Waals surface area contributed by atoms with Crippen LogP contribution >= 0.6 is 0 Å². The number of hydrogen-bond donors (Lipinski definition) is 1. The van der Waals surface area contributed by atoms with E-state index >= 15 is 0 Å². The first kappa shape index (κ1) is 14.3. The molecule has 0 aliphatic carbocycles. The van der Waals surface area contributed by atoms with Gasteiger partial charge in [0.25, 0.3) is 0 Å². The third-order valence-corrected chi connectivity index (χ3v) is 3.73. The second kappa shape index (κ2) is 6.43. The number of methoxy groups -OCH3 is 1. The summed E-state index contributed by atoms with van der Waals surface area (Å²) >= 11 is 0. The van der Waals surface area contributed by atoms with Gasteiger partial charge >= 0.3 is 6.09 Å². The summed E-state index contributed by atoms with van der Waals surface area (Å²) in [5.74, 6) is 0. The Labute approximate surface area is 123 Å². The minimum Gasteiger partial charge on any atom is -0.445 e. The van der Waals surface area contributed by atoms with Crippen molar-refractivity contribution >= 4 is 6.09 Å². The molecule has 0 bridgehead atoms. The zero-order chi connectivity index (χ0) is 14.7. The lowest BCUT2D eigenvalue weighted by Crippen LogP contribution is -2.42. The summed E-state index contributed by atoms with van der Waals surface area (Å²) in [6.07, 6.45) is -0.497. The van der Waals surface area contributed by atoms with Gasteiger partial charge in [0.05, 0.1) is 6.61 Å². The van der Waals surface area contributed by atoms with Crippen molar-refractivity contribution < 1.29 is 23.7 Å². The summed E-state index contributed by atoms with van der Waals surface area (Å²) in [6.45, 7) is 1.19. The molecule has 1 aromatic rings. The van der Waals surface area contributed by atoms with E-state index in [1.54, 1.807) is 7.11 Å². The number of hydrogen-bond acceptors (Lipinski definition) is 5. The Morgan fingerprint density at radius 2 is 2.24 bits per heavy atom. The van der Waals surface area contributed by atoms with Crippen molar-refractivity contribution in [1.82, 2.24) is 5.32 Å². The van der Waals surface area contributed by atoms with Gasteiger partial charge < -0.3 is 24.3 Å². The number of amides is 1. The fraction of sp³-hybridized carbons (Fsp3) is 0.533. The standard InChI is InChI=1S/C15H19NO5/c1-18-11(13-14-12(21-14)9-19-13)7-16-15(17)20-8-10-5-3-2-4-6-10/h2-6,11-14H,7-9H2,1H3,(H,16,17)/t11?,12-,13-,14-/m1/s1. The average molecular weight is 293 g/mol. The summed E-state index contributed by atoms with van der Waals surface area (Å²) in [5.41, 5.74) is 0.948. The Bertz CT molecular complexity index is 480. The molecule has 6 heteroatoms. The van der Waals surface area contributed by atoms with E-state index in [9.17, 15) is 4.79 Å². The lowest BCUT2D eigenvalue weighted by Gasteiger charge is -2.22. The quantitative estimate of drug-likeness (QED) is 0.795. The number of carbonyl (C=O) groups is 1. The van der Waals surface area contributed by atoms with Gasteiger partial charge in [0.2, 0.25) is 0 Å². The van der Waals surface area contributed by atoms with Gasteiger partial charge in [-0.2, -0.15) is 0 Å². The van der Waals surface area contributed by atoms with E-state index in [1.807, 2.05) is 30.3 Å². The van der Waals surface area contributed by atoms with E-state index in [0.29, 0.717) is 13.2 Å². The van der Waals surface area contributed by atoms with Crippen LogP contribution in [0, 0.1) is 0 Å². The summed E-state index contributed by atoms with van der Waals surface area (Å²) in [7, 11) is 1.60. The topological polar surface area (TPSA) is 69.3 Å². The summed E-state index contributed by atoms with van der Waals surface area (Å²) < 4.78 is 21.5. The Balaban J connectivity index is 1.40. The highest BCUT2D eigenvalue weighted by molar-refractivity contribution is 5.67. The van der Waals surface area contributed by atoms with Crippen molar-refractivity contribution in [2.75, 3.05) is 20.3 Å². The predicted molar refractivity (Wildman–Crippen MR) is 73.8 cm³/mol. The molecule has 2 saturated heterocycles. The zero-order valence-electron chi connectivity index (χ0n) is 11.9. The number of alkyl carbamates (subject to hydrolysis) is 1. The minimum atomic E-state index is -0.466. The minimum absolute atomic E-state index is 0.108. The van der Waals surface area contributed by atoms with Crippen LogP contribution in [-0.4, -0.2) is 50.8 Å². The van der Waals surface area contributed by atoms with Crippen LogP contribution in [0.3, 0.4) is 0 Å². The highest BCUT2D eigenvalue weighted by atomic mass is 16.7. The second-order valence-electron chi connectivity index (χ2n) is 5.15. The maximum Gasteiger partial charge on any atom is 0.407 e. The van der Waals surface area contributed by atoms with Gasteiger partial charge in [0, 0.05) is 13.7 Å². The van der Waals surface area contributed by atoms with Crippen molar-refractivity contribution in [3.63, 3.8) is 0 Å². The van der Waals surface area contributed by atoms with E-state index in [4.69, 9.17) is 18.9 Å². The molecule has 1 aromatic carbocycles. The highest BCUT2D eigenvalue weighted by Crippen LogP contribution is 2.36. The van der Waals surface area contributed by atoms with Gasteiger partial charge in [-0.25, -0.2) is 4.79 Å². The molecule has 2 fully saturated rings. The molecule has 1 amide bonds. The summed E-state index contributed by atoms with van der Waals surface area (Å²) in [6, 6.07) is 9.54. The molecule has 0 saturated carbocycles. The molecular weight excluding hydrogens is 274 g/mol. The van der Waals surface area contributed by atoms with Crippen LogP contribution in [0.5, 0.6) is 0 Å². The van der Waals surface area contributed by atoms with Crippen LogP contribution in [0.1, 0.15) is 5.56 Å². The Morgan fingerprint density at radius 3 is 2.86 bits per heavy atom. The number of ether oxygens (including phenoxy) is 4. The third-order valence-electron chi connectivity index (χ3n) is 3.73. The summed E-state index contributed by atoms with van der Waals surface area (Å²) in [4.78, 5) is 11.7. The van der Waals surface area contributed by atoms with E-state index in [2.05, 4.69) is 5.32 Å². The number of epoxide rings is 1. The Morgan fingerprint density at radius 1 is 1.43 bits per heavy atom. The van der Waals surface area contributed by atoms with Crippen LogP contribution < -0.4 is 5.32 Å². The van der Waals surface area contributed by atoms with Gasteiger partial charge in [-0.1, -0.05) is 30.3 Å². The van der Waals surface area contributed by atoms with Gasteiger partial charge in [-0.05, 0) is 5.56 Å². The molecule has 1 N–H and O–H groups in total. The van der Waals surface area contributed by atoms with Crippen molar-refractivity contribution in [1.29, 1.82) is 0 Å². The molecule has 114 valence electrons. The largest absolute Gasteiger partial charge is 0.445 e. The van der Waals surface area contributed by atoms with E-state index in [1.165, 1.54) is 0 Å². The number of rotatable bonds is 6. The van der Waals surface area contributed by atoms with Crippen molar-refractivity contribution in [3.05, 3.63) is 35.9 Å². The molecule has 0 spiro atoms. The smallest absolute Gasteiger partial charge is 0.407 e. The zero-order valence-corrected chi connectivity index (χ0v) is 11.9. The van der Waals surface area contributed by atoms with Gasteiger partial charge in [0.15, 0.2) is 0 Å². The number of nitrogens with one attached hydrogen (secondary N) is 1. The molecule has 0 aromatic heterocycles. The first-order valence-corrected chi connectivity index (χ1v) is 7.02. The molecule has 2 aliphatic rings. The van der Waals surface area contributed by atoms with Gasteiger partial charge in [-0.3, -0.25) is 0 Å². The van der Waals surface area contributed by atoms with E-state index in [-0.39, 0.29) is 31.0 Å². The third kappa shape index (κ3) is 3.53. The van der Waals surface area contributed by atoms with Crippen LogP contribution in [0.15, 0.2) is 30.3 Å². The van der Waals surface area contributed by atoms with Crippen LogP contribution in [0.4, 0.5) is 4.79 Å². The number of fused-ring (bicyclic) bond motifs is 1. The first-order valence-electron chi connectivity index (χ1n) is 7.02. The Kier molecular flexibility index (Phi) is 4.38. The molecule has 3 rings (SSSR count). The van der Waals surface area contributed by atoms with Crippen LogP contribution in [0.2, 0.25) is 0 Å². The summed E-state index contributed by atoms with van der Waals surface area (Å²) in [5, 5.41) is 2.70. The molecule has 6 nitrogen and oxygen atoms in total. The fourth-order valence-corrected chi connectivity index (χ4v) is 2.49. The van der Waals surface area contributed by atoms with E-state index < -0.39 is 6.09 Å². The predicted octanol–water partition coefficient (Wildman–Crippen LogP) is 1.09. The molecule has 1 unspecified atom stereocenters. The van der Waals surface area contributed by atoms with Crippen molar-refractivity contribution in [2.45, 2.75) is 31.0 Å². The molecule has 2 heterocycles. The maximum absolute atomic E-state index is 11.7. The molecule has 4 atom stereocenters. The van der Waals surface area contributed by atoms with Crippen molar-refractivity contribution in [2.24, 2.45) is 0 Å². The lowest BCUT2D eigenvalue weighted by atomic mass is 10.1. The lowest BCUT2D eigenvalue weighted by molar-refractivity contribution is -0.0630. The van der Waals surface area contributed by atoms with Crippen LogP contribution in [0.25, 0.3) is 0 Å². The molecule has 21 heavy (non-hydrogen) atoms. The van der Waals surface area contributed by atoms with Crippen LogP contribution in [-0.2, 0) is 25.6 Å². The monoisotopic (exact) mass is 293 g/mol. The SMILES string of the molecule is COC(CNC(=O)OCc1ccccc1)[C@H]1OC[C@H]2O[C@@H]12. The second-order valence-corrected chi connectivity index (χ2v) is 5.15. The van der Waals surface area contributed by atoms with Crippen molar-refractivity contribution in [3.8, 4) is 0 Å². The number of benzene rings is 1. The first-order chi connectivity index (χ1) is 10.3. The van der Waals surface area contributed by atoms with Gasteiger partial charge in [0.1, 0.15) is 31.0 Å². The fourth-order valence-electron chi connectivity index (χ4n) is 2.49. The maximum atomic E-state index is 11.7. The normalized spacial score (nSPS) is 27.8. The molecular formula is C15H19NO5. The van der Waals surface area contributed by atoms with E-state index in [0.717, 1.165) is 5.56 Å².